The molecular formula is C16H13ClIN3O2S. The molecule has 124 valence electrons. The van der Waals surface area contributed by atoms with Gasteiger partial charge in [0.1, 0.15) is 0 Å². The highest BCUT2D eigenvalue weighted by molar-refractivity contribution is 14.1. The summed E-state index contributed by atoms with van der Waals surface area (Å²) in [5.74, 6) is -0.632. The highest BCUT2D eigenvalue weighted by Crippen LogP contribution is 2.11. The third kappa shape index (κ3) is 5.73. The molecule has 0 spiro atoms. The van der Waals surface area contributed by atoms with Gasteiger partial charge in [0.25, 0.3) is 5.91 Å². The van der Waals surface area contributed by atoms with Crippen LogP contribution in [0.5, 0.6) is 0 Å². The van der Waals surface area contributed by atoms with Crippen molar-refractivity contribution < 1.29 is 9.59 Å². The average Bonchev–Trinajstić information content (AvgIpc) is 2.55. The molecule has 0 atom stereocenters. The Morgan fingerprint density at radius 1 is 1.04 bits per heavy atom. The van der Waals surface area contributed by atoms with Crippen LogP contribution in [0.2, 0.25) is 5.02 Å². The van der Waals surface area contributed by atoms with E-state index in [-0.39, 0.29) is 23.3 Å². The minimum atomic E-state index is -0.343. The van der Waals surface area contributed by atoms with Crippen LogP contribution in [0.15, 0.2) is 48.5 Å². The Morgan fingerprint density at radius 2 is 1.71 bits per heavy atom. The largest absolute Gasteiger partial charge is 0.298 e. The van der Waals surface area contributed by atoms with E-state index in [1.807, 2.05) is 12.1 Å². The standard InChI is InChI=1S/C16H13ClIN3O2S/c17-11-7-5-10(6-8-11)9-14(22)20-21-16(24)19-15(23)12-3-1-2-4-13(12)18/h1-8H,9H2,(H,20,22)(H2,19,21,23,24). The molecule has 3 N–H and O–H groups in total. The maximum Gasteiger partial charge on any atom is 0.258 e. The summed E-state index contributed by atoms with van der Waals surface area (Å²) < 4.78 is 0.808. The number of rotatable bonds is 3. The molecule has 0 saturated heterocycles. The van der Waals surface area contributed by atoms with Crippen molar-refractivity contribution in [3.63, 3.8) is 0 Å². The predicted octanol–water partition coefficient (Wildman–Crippen LogP) is 2.82. The second-order valence-electron chi connectivity index (χ2n) is 4.74. The van der Waals surface area contributed by atoms with Crippen LogP contribution >= 0.6 is 46.4 Å². The molecule has 0 heterocycles. The predicted molar refractivity (Wildman–Crippen MR) is 106 cm³/mol. The van der Waals surface area contributed by atoms with Gasteiger partial charge in [0.05, 0.1) is 12.0 Å². The molecule has 0 aromatic heterocycles. The zero-order valence-electron chi connectivity index (χ0n) is 12.3. The second kappa shape index (κ2) is 8.95. The molecule has 5 nitrogen and oxygen atoms in total. The van der Waals surface area contributed by atoms with Gasteiger partial charge in [0, 0.05) is 8.59 Å². The summed E-state index contributed by atoms with van der Waals surface area (Å²) in [6.07, 6.45) is 0.164. The maximum absolute atomic E-state index is 12.1. The first-order valence-corrected chi connectivity index (χ1v) is 8.71. The van der Waals surface area contributed by atoms with Gasteiger partial charge >= 0.3 is 0 Å². The lowest BCUT2D eigenvalue weighted by atomic mass is 10.1. The number of carbonyl (C=O) groups excluding carboxylic acids is 2. The summed E-state index contributed by atoms with van der Waals surface area (Å²) >= 11 is 12.9. The van der Waals surface area contributed by atoms with Gasteiger partial charge in [-0.05, 0) is 64.6 Å². The summed E-state index contributed by atoms with van der Waals surface area (Å²) in [4.78, 5) is 23.9. The molecule has 2 aromatic carbocycles. The normalized spacial score (nSPS) is 9.92. The smallest absolute Gasteiger partial charge is 0.258 e. The topological polar surface area (TPSA) is 70.2 Å². The highest BCUT2D eigenvalue weighted by Gasteiger charge is 2.11. The number of carbonyl (C=O) groups is 2. The molecule has 0 unspecified atom stereocenters. The molecule has 8 heteroatoms. The summed E-state index contributed by atoms with van der Waals surface area (Å²) in [6, 6.07) is 14.1. The highest BCUT2D eigenvalue weighted by atomic mass is 127. The van der Waals surface area contributed by atoms with Gasteiger partial charge in [-0.25, -0.2) is 0 Å². The van der Waals surface area contributed by atoms with Crippen LogP contribution in [-0.2, 0) is 11.2 Å². The Morgan fingerprint density at radius 3 is 2.38 bits per heavy atom. The van der Waals surface area contributed by atoms with Crippen LogP contribution in [0.3, 0.4) is 0 Å². The lowest BCUT2D eigenvalue weighted by molar-refractivity contribution is -0.121. The first-order chi connectivity index (χ1) is 11.5. The molecule has 0 aliphatic heterocycles. The van der Waals surface area contributed by atoms with Gasteiger partial charge in [0.2, 0.25) is 5.91 Å². The average molecular weight is 474 g/mol. The molecule has 2 rings (SSSR count). The number of benzene rings is 2. The van der Waals surface area contributed by atoms with Gasteiger partial charge in [-0.2, -0.15) is 0 Å². The Bertz CT molecular complexity index is 768. The van der Waals surface area contributed by atoms with E-state index >= 15 is 0 Å². The fourth-order valence-electron chi connectivity index (χ4n) is 1.81. The zero-order valence-corrected chi connectivity index (χ0v) is 16.0. The summed E-state index contributed by atoms with van der Waals surface area (Å²) in [6.45, 7) is 0. The van der Waals surface area contributed by atoms with Crippen molar-refractivity contribution >= 4 is 63.3 Å². The molecule has 0 fully saturated rings. The molecular weight excluding hydrogens is 461 g/mol. The molecule has 24 heavy (non-hydrogen) atoms. The van der Waals surface area contributed by atoms with Gasteiger partial charge < -0.3 is 0 Å². The van der Waals surface area contributed by atoms with E-state index in [0.29, 0.717) is 10.6 Å². The minimum absolute atomic E-state index is 0.0177. The SMILES string of the molecule is O=C(Cc1ccc(Cl)cc1)NNC(=S)NC(=O)c1ccccc1I. The Kier molecular flexibility index (Phi) is 6.95. The first-order valence-electron chi connectivity index (χ1n) is 6.85. The van der Waals surface area contributed by atoms with Crippen LogP contribution in [0.4, 0.5) is 0 Å². The van der Waals surface area contributed by atoms with Crippen molar-refractivity contribution in [1.82, 2.24) is 16.2 Å². The number of nitrogens with one attached hydrogen (secondary N) is 3. The van der Waals surface area contributed by atoms with Crippen LogP contribution in [0, 0.1) is 3.57 Å². The van der Waals surface area contributed by atoms with Crippen molar-refractivity contribution in [2.24, 2.45) is 0 Å². The zero-order chi connectivity index (χ0) is 17.5. The molecule has 0 radical (unpaired) electrons. The van der Waals surface area contributed by atoms with Crippen LogP contribution in [0.1, 0.15) is 15.9 Å². The number of halogens is 2. The molecule has 2 amide bonds. The van der Waals surface area contributed by atoms with E-state index in [1.165, 1.54) is 0 Å². The van der Waals surface area contributed by atoms with E-state index in [1.54, 1.807) is 36.4 Å². The van der Waals surface area contributed by atoms with E-state index < -0.39 is 0 Å². The van der Waals surface area contributed by atoms with Crippen molar-refractivity contribution in [3.05, 3.63) is 68.3 Å². The lowest BCUT2D eigenvalue weighted by Crippen LogP contribution is -2.49. The number of thiocarbonyl (C=S) groups is 1. The van der Waals surface area contributed by atoms with Crippen LogP contribution in [0.25, 0.3) is 0 Å². The third-order valence-electron chi connectivity index (χ3n) is 2.94. The molecule has 0 aliphatic carbocycles. The van der Waals surface area contributed by atoms with Crippen molar-refractivity contribution in [2.75, 3.05) is 0 Å². The minimum Gasteiger partial charge on any atom is -0.298 e. The molecule has 0 bridgehead atoms. The van der Waals surface area contributed by atoms with Crippen molar-refractivity contribution in [3.8, 4) is 0 Å². The van der Waals surface area contributed by atoms with E-state index in [0.717, 1.165) is 9.13 Å². The molecule has 2 aromatic rings. The van der Waals surface area contributed by atoms with Gasteiger partial charge in [-0.15, -0.1) is 0 Å². The third-order valence-corrected chi connectivity index (χ3v) is 4.34. The maximum atomic E-state index is 12.1. The summed E-state index contributed by atoms with van der Waals surface area (Å²) in [5.41, 5.74) is 6.26. The number of hydrazine groups is 1. The quantitative estimate of drug-likeness (QED) is 0.364. The van der Waals surface area contributed by atoms with E-state index in [2.05, 4.69) is 38.8 Å². The van der Waals surface area contributed by atoms with E-state index in [4.69, 9.17) is 23.8 Å². The number of amides is 2. The number of hydrogen-bond donors (Lipinski definition) is 3. The fourth-order valence-corrected chi connectivity index (χ4v) is 2.71. The first kappa shape index (κ1) is 18.6. The summed E-state index contributed by atoms with van der Waals surface area (Å²) in [7, 11) is 0. The Labute approximate surface area is 163 Å². The molecule has 0 aliphatic rings. The van der Waals surface area contributed by atoms with Crippen molar-refractivity contribution in [2.45, 2.75) is 6.42 Å². The monoisotopic (exact) mass is 473 g/mol. The van der Waals surface area contributed by atoms with Gasteiger partial charge in [0.15, 0.2) is 5.11 Å². The number of hydrogen-bond acceptors (Lipinski definition) is 3. The fraction of sp³-hybridized carbons (Fsp3) is 0.0625. The van der Waals surface area contributed by atoms with Crippen LogP contribution in [-0.4, -0.2) is 16.9 Å². The summed E-state index contributed by atoms with van der Waals surface area (Å²) in [5, 5.41) is 3.13. The Hall–Kier alpha value is -1.71. The van der Waals surface area contributed by atoms with Crippen LogP contribution < -0.4 is 16.2 Å². The van der Waals surface area contributed by atoms with Gasteiger partial charge in [-0.1, -0.05) is 35.9 Å². The van der Waals surface area contributed by atoms with Crippen molar-refractivity contribution in [1.29, 1.82) is 0 Å². The van der Waals surface area contributed by atoms with Gasteiger partial charge in [-0.3, -0.25) is 25.8 Å². The molecule has 0 saturated carbocycles. The lowest BCUT2D eigenvalue weighted by Gasteiger charge is -2.11. The van der Waals surface area contributed by atoms with E-state index in [9.17, 15) is 9.59 Å². The Balaban J connectivity index is 1.80. The second-order valence-corrected chi connectivity index (χ2v) is 6.75.